The van der Waals surface area contributed by atoms with Gasteiger partial charge in [0.25, 0.3) is 5.91 Å². The van der Waals surface area contributed by atoms with Crippen molar-refractivity contribution in [3.05, 3.63) is 47.5 Å². The number of fused-ring (bicyclic) bond motifs is 3. The van der Waals surface area contributed by atoms with E-state index in [0.29, 0.717) is 5.92 Å². The maximum atomic E-state index is 12.1. The number of carbonyl (C=O) groups excluding carboxylic acids is 1. The molecule has 0 aliphatic carbocycles. The molecule has 1 aromatic rings. The molecule has 3 rings (SSSR count). The van der Waals surface area contributed by atoms with Crippen molar-refractivity contribution < 1.29 is 4.79 Å². The molecule has 2 heteroatoms. The standard InChI is InChI=1S/C13H13NO/c1-9-7-14-8-11(9)6-10-4-2-3-5-12(10)13(14)15/h2-5,11H,1,6-8H2. The third kappa shape index (κ3) is 1.21. The Kier molecular flexibility index (Phi) is 1.72. The van der Waals surface area contributed by atoms with Gasteiger partial charge in [0.05, 0.1) is 0 Å². The topological polar surface area (TPSA) is 20.3 Å². The van der Waals surface area contributed by atoms with Crippen LogP contribution in [0.25, 0.3) is 0 Å². The summed E-state index contributed by atoms with van der Waals surface area (Å²) >= 11 is 0. The van der Waals surface area contributed by atoms with E-state index in [9.17, 15) is 4.79 Å². The van der Waals surface area contributed by atoms with Crippen molar-refractivity contribution in [1.29, 1.82) is 0 Å². The molecule has 76 valence electrons. The van der Waals surface area contributed by atoms with Crippen molar-refractivity contribution in [3.63, 3.8) is 0 Å². The molecule has 2 bridgehead atoms. The van der Waals surface area contributed by atoms with E-state index >= 15 is 0 Å². The zero-order valence-electron chi connectivity index (χ0n) is 8.57. The maximum Gasteiger partial charge on any atom is 0.254 e. The molecule has 1 aromatic carbocycles. The fourth-order valence-electron chi connectivity index (χ4n) is 2.54. The van der Waals surface area contributed by atoms with Crippen LogP contribution in [0.5, 0.6) is 0 Å². The summed E-state index contributed by atoms with van der Waals surface area (Å²) in [7, 11) is 0. The van der Waals surface area contributed by atoms with Crippen molar-refractivity contribution in [3.8, 4) is 0 Å². The molecule has 1 amide bonds. The molecule has 0 N–H and O–H groups in total. The first-order chi connectivity index (χ1) is 7.25. The van der Waals surface area contributed by atoms with Crippen LogP contribution in [-0.2, 0) is 6.42 Å². The molecule has 2 nitrogen and oxygen atoms in total. The van der Waals surface area contributed by atoms with Crippen LogP contribution < -0.4 is 0 Å². The molecule has 1 fully saturated rings. The molecule has 2 heterocycles. The molecule has 1 saturated heterocycles. The van der Waals surface area contributed by atoms with E-state index in [2.05, 4.69) is 12.6 Å². The van der Waals surface area contributed by atoms with Gasteiger partial charge in [-0.05, 0) is 18.1 Å². The lowest BCUT2D eigenvalue weighted by Gasteiger charge is -2.15. The average molecular weight is 199 g/mol. The van der Waals surface area contributed by atoms with Crippen LogP contribution in [0.1, 0.15) is 15.9 Å². The van der Waals surface area contributed by atoms with Crippen LogP contribution >= 0.6 is 0 Å². The highest BCUT2D eigenvalue weighted by atomic mass is 16.2. The highest BCUT2D eigenvalue weighted by molar-refractivity contribution is 5.96. The van der Waals surface area contributed by atoms with Gasteiger partial charge in [0, 0.05) is 24.6 Å². The predicted molar refractivity (Wildman–Crippen MR) is 58.7 cm³/mol. The normalized spacial score (nSPS) is 24.0. The fraction of sp³-hybridized carbons (Fsp3) is 0.308. The lowest BCUT2D eigenvalue weighted by molar-refractivity contribution is 0.0794. The minimum atomic E-state index is 0.173. The van der Waals surface area contributed by atoms with E-state index in [-0.39, 0.29) is 5.91 Å². The molecule has 15 heavy (non-hydrogen) atoms. The summed E-state index contributed by atoms with van der Waals surface area (Å²) in [6.07, 6.45) is 0.969. The van der Waals surface area contributed by atoms with Gasteiger partial charge < -0.3 is 4.90 Å². The first kappa shape index (κ1) is 8.72. The summed E-state index contributed by atoms with van der Waals surface area (Å²) < 4.78 is 0. The van der Waals surface area contributed by atoms with Gasteiger partial charge in [0.1, 0.15) is 0 Å². The van der Waals surface area contributed by atoms with E-state index in [1.54, 1.807) is 0 Å². The molecule has 2 aliphatic rings. The van der Waals surface area contributed by atoms with Crippen LogP contribution in [0.2, 0.25) is 0 Å². The molecule has 0 saturated carbocycles. The van der Waals surface area contributed by atoms with Crippen LogP contribution in [-0.4, -0.2) is 23.9 Å². The number of hydrogen-bond donors (Lipinski definition) is 0. The molecule has 2 aliphatic heterocycles. The first-order valence-corrected chi connectivity index (χ1v) is 5.30. The van der Waals surface area contributed by atoms with Crippen molar-refractivity contribution in [1.82, 2.24) is 4.90 Å². The predicted octanol–water partition coefficient (Wildman–Crippen LogP) is 1.87. The summed E-state index contributed by atoms with van der Waals surface area (Å²) in [5, 5.41) is 0. The van der Waals surface area contributed by atoms with Gasteiger partial charge in [-0.15, -0.1) is 0 Å². The monoisotopic (exact) mass is 199 g/mol. The minimum Gasteiger partial charge on any atom is -0.334 e. The molecule has 0 aromatic heterocycles. The van der Waals surface area contributed by atoms with E-state index in [1.807, 2.05) is 23.1 Å². The summed E-state index contributed by atoms with van der Waals surface area (Å²) in [5.41, 5.74) is 3.27. The quantitative estimate of drug-likeness (QED) is 0.584. The average Bonchev–Trinajstić information content (AvgIpc) is 2.53. The van der Waals surface area contributed by atoms with Gasteiger partial charge in [-0.25, -0.2) is 0 Å². The summed E-state index contributed by atoms with van der Waals surface area (Å²) in [6, 6.07) is 7.93. The van der Waals surface area contributed by atoms with Crippen molar-refractivity contribution in [2.75, 3.05) is 13.1 Å². The number of rotatable bonds is 0. The lowest BCUT2D eigenvalue weighted by atomic mass is 9.93. The Morgan fingerprint density at radius 1 is 1.33 bits per heavy atom. The number of hydrogen-bond acceptors (Lipinski definition) is 1. The van der Waals surface area contributed by atoms with Gasteiger partial charge in [-0.2, -0.15) is 0 Å². The van der Waals surface area contributed by atoms with Gasteiger partial charge in [-0.3, -0.25) is 4.79 Å². The fourth-order valence-corrected chi connectivity index (χ4v) is 2.54. The molecule has 0 radical (unpaired) electrons. The Bertz CT molecular complexity index is 450. The zero-order chi connectivity index (χ0) is 10.4. The molecular formula is C13H13NO. The molecule has 0 spiro atoms. The van der Waals surface area contributed by atoms with Crippen LogP contribution in [0, 0.1) is 5.92 Å². The van der Waals surface area contributed by atoms with Crippen molar-refractivity contribution in [2.45, 2.75) is 6.42 Å². The van der Waals surface area contributed by atoms with E-state index in [0.717, 1.165) is 25.1 Å². The number of amides is 1. The SMILES string of the molecule is C=C1CN2CC1Cc1ccccc1C2=O. The highest BCUT2D eigenvalue weighted by Crippen LogP contribution is 2.31. The van der Waals surface area contributed by atoms with E-state index < -0.39 is 0 Å². The number of benzene rings is 1. The first-order valence-electron chi connectivity index (χ1n) is 5.30. The number of carbonyl (C=O) groups is 1. The Morgan fingerprint density at radius 2 is 2.13 bits per heavy atom. The zero-order valence-corrected chi connectivity index (χ0v) is 8.57. The van der Waals surface area contributed by atoms with E-state index in [4.69, 9.17) is 0 Å². The minimum absolute atomic E-state index is 0.173. The second-order valence-electron chi connectivity index (χ2n) is 4.40. The molecular weight excluding hydrogens is 186 g/mol. The Hall–Kier alpha value is -1.57. The van der Waals surface area contributed by atoms with Crippen LogP contribution in [0.3, 0.4) is 0 Å². The van der Waals surface area contributed by atoms with Crippen molar-refractivity contribution in [2.24, 2.45) is 5.92 Å². The molecule has 1 atom stereocenters. The Labute approximate surface area is 89.2 Å². The largest absolute Gasteiger partial charge is 0.334 e. The van der Waals surface area contributed by atoms with Gasteiger partial charge in [0.2, 0.25) is 0 Å². The highest BCUT2D eigenvalue weighted by Gasteiger charge is 2.34. The Balaban J connectivity index is 2.13. The lowest BCUT2D eigenvalue weighted by Crippen LogP contribution is -2.27. The second-order valence-corrected chi connectivity index (χ2v) is 4.40. The third-order valence-corrected chi connectivity index (χ3v) is 3.41. The summed E-state index contributed by atoms with van der Waals surface area (Å²) in [4.78, 5) is 14.0. The maximum absolute atomic E-state index is 12.1. The van der Waals surface area contributed by atoms with E-state index in [1.165, 1.54) is 11.1 Å². The third-order valence-electron chi connectivity index (χ3n) is 3.41. The Morgan fingerprint density at radius 3 is 3.00 bits per heavy atom. The summed E-state index contributed by atoms with van der Waals surface area (Å²) in [6.45, 7) is 5.65. The molecule has 1 unspecified atom stereocenters. The number of nitrogens with zero attached hydrogens (tertiary/aromatic N) is 1. The van der Waals surface area contributed by atoms with Crippen molar-refractivity contribution >= 4 is 5.91 Å². The smallest absolute Gasteiger partial charge is 0.254 e. The second kappa shape index (κ2) is 2.96. The van der Waals surface area contributed by atoms with Gasteiger partial charge >= 0.3 is 0 Å². The van der Waals surface area contributed by atoms with Crippen LogP contribution in [0.15, 0.2) is 36.4 Å². The summed E-state index contributed by atoms with van der Waals surface area (Å²) in [5.74, 6) is 0.643. The van der Waals surface area contributed by atoms with Crippen LogP contribution in [0.4, 0.5) is 0 Å². The van der Waals surface area contributed by atoms with Gasteiger partial charge in [-0.1, -0.05) is 30.4 Å². The van der Waals surface area contributed by atoms with Gasteiger partial charge in [0.15, 0.2) is 0 Å².